The standard InChI is InChI=1S/C16H34N2O/c1-4-5-6-8-11-16(2,14-17)18(3)13-15-10-7-9-12-19-15/h15H,4-14,17H2,1-3H3. The fraction of sp³-hybridized carbons (Fsp3) is 1.00. The molecule has 0 aromatic heterocycles. The van der Waals surface area contributed by atoms with Crippen molar-refractivity contribution < 1.29 is 4.74 Å². The highest BCUT2D eigenvalue weighted by molar-refractivity contribution is 4.87. The zero-order chi connectivity index (χ0) is 14.1. The molecule has 1 fully saturated rings. The van der Waals surface area contributed by atoms with Crippen molar-refractivity contribution in [1.82, 2.24) is 4.90 Å². The lowest BCUT2D eigenvalue weighted by molar-refractivity contribution is -0.0213. The molecule has 1 heterocycles. The number of likely N-dealkylation sites (N-methyl/N-ethyl adjacent to an activating group) is 1. The summed E-state index contributed by atoms with van der Waals surface area (Å²) in [6.07, 6.45) is 10.6. The molecular formula is C16H34N2O. The molecule has 3 nitrogen and oxygen atoms in total. The minimum Gasteiger partial charge on any atom is -0.377 e. The topological polar surface area (TPSA) is 38.5 Å². The second-order valence-corrected chi connectivity index (χ2v) is 6.38. The smallest absolute Gasteiger partial charge is 0.0702 e. The van der Waals surface area contributed by atoms with E-state index in [9.17, 15) is 0 Å². The van der Waals surface area contributed by atoms with E-state index in [1.54, 1.807) is 0 Å². The Morgan fingerprint density at radius 1 is 1.26 bits per heavy atom. The average molecular weight is 270 g/mol. The Kier molecular flexibility index (Phi) is 7.96. The Bertz CT molecular complexity index is 229. The van der Waals surface area contributed by atoms with E-state index in [1.807, 2.05) is 0 Å². The molecule has 0 radical (unpaired) electrons. The lowest BCUT2D eigenvalue weighted by atomic mass is 9.91. The van der Waals surface area contributed by atoms with Gasteiger partial charge in [0, 0.05) is 25.2 Å². The number of rotatable bonds is 9. The van der Waals surface area contributed by atoms with Crippen LogP contribution in [0.25, 0.3) is 0 Å². The predicted octanol–water partition coefficient (Wildman–Crippen LogP) is 3.18. The first-order chi connectivity index (χ1) is 9.12. The monoisotopic (exact) mass is 270 g/mol. The lowest BCUT2D eigenvalue weighted by Crippen LogP contribution is -2.52. The molecule has 0 saturated carbocycles. The van der Waals surface area contributed by atoms with Crippen LogP contribution in [0.1, 0.15) is 65.2 Å². The van der Waals surface area contributed by atoms with Crippen LogP contribution in [0.3, 0.4) is 0 Å². The lowest BCUT2D eigenvalue weighted by Gasteiger charge is -2.40. The van der Waals surface area contributed by atoms with Gasteiger partial charge in [-0.25, -0.2) is 0 Å². The van der Waals surface area contributed by atoms with Gasteiger partial charge in [-0.1, -0.05) is 32.6 Å². The second-order valence-electron chi connectivity index (χ2n) is 6.38. The summed E-state index contributed by atoms with van der Waals surface area (Å²) in [7, 11) is 2.21. The van der Waals surface area contributed by atoms with E-state index in [-0.39, 0.29) is 5.54 Å². The van der Waals surface area contributed by atoms with Crippen LogP contribution in [-0.4, -0.2) is 43.3 Å². The normalized spacial score (nSPS) is 23.5. The first-order valence-electron chi connectivity index (χ1n) is 8.15. The van der Waals surface area contributed by atoms with Crippen molar-refractivity contribution in [3.05, 3.63) is 0 Å². The van der Waals surface area contributed by atoms with E-state index in [1.165, 1.54) is 51.4 Å². The zero-order valence-corrected chi connectivity index (χ0v) is 13.3. The molecule has 1 saturated heterocycles. The summed E-state index contributed by atoms with van der Waals surface area (Å²) < 4.78 is 5.85. The van der Waals surface area contributed by atoms with Crippen LogP contribution in [0.5, 0.6) is 0 Å². The van der Waals surface area contributed by atoms with Crippen LogP contribution in [-0.2, 0) is 4.74 Å². The van der Waals surface area contributed by atoms with Gasteiger partial charge in [-0.05, 0) is 39.7 Å². The van der Waals surface area contributed by atoms with Crippen LogP contribution < -0.4 is 5.73 Å². The molecule has 2 atom stereocenters. The number of hydrogen-bond donors (Lipinski definition) is 1. The summed E-state index contributed by atoms with van der Waals surface area (Å²) in [5, 5.41) is 0. The molecule has 0 spiro atoms. The van der Waals surface area contributed by atoms with Gasteiger partial charge in [-0.3, -0.25) is 4.90 Å². The van der Waals surface area contributed by atoms with Crippen LogP contribution in [0, 0.1) is 0 Å². The third kappa shape index (κ3) is 5.80. The highest BCUT2D eigenvalue weighted by Crippen LogP contribution is 2.23. The number of hydrogen-bond acceptors (Lipinski definition) is 3. The van der Waals surface area contributed by atoms with Crippen LogP contribution in [0.2, 0.25) is 0 Å². The minimum absolute atomic E-state index is 0.133. The first-order valence-corrected chi connectivity index (χ1v) is 8.15. The number of nitrogens with zero attached hydrogens (tertiary/aromatic N) is 1. The fourth-order valence-electron chi connectivity index (χ4n) is 2.86. The van der Waals surface area contributed by atoms with E-state index in [0.29, 0.717) is 6.10 Å². The van der Waals surface area contributed by atoms with Crippen molar-refractivity contribution in [2.45, 2.75) is 76.9 Å². The Balaban J connectivity index is 2.36. The van der Waals surface area contributed by atoms with E-state index in [4.69, 9.17) is 10.5 Å². The number of nitrogens with two attached hydrogens (primary N) is 1. The van der Waals surface area contributed by atoms with Crippen molar-refractivity contribution in [2.24, 2.45) is 5.73 Å². The SMILES string of the molecule is CCCCCCC(C)(CN)N(C)CC1CCCCO1. The molecule has 1 aliphatic heterocycles. The Morgan fingerprint density at radius 2 is 2.05 bits per heavy atom. The van der Waals surface area contributed by atoms with Gasteiger partial charge in [0.05, 0.1) is 6.10 Å². The van der Waals surface area contributed by atoms with Crippen molar-refractivity contribution >= 4 is 0 Å². The maximum Gasteiger partial charge on any atom is 0.0702 e. The molecule has 1 rings (SSSR count). The molecule has 114 valence electrons. The molecule has 19 heavy (non-hydrogen) atoms. The van der Waals surface area contributed by atoms with E-state index < -0.39 is 0 Å². The molecule has 2 unspecified atom stereocenters. The van der Waals surface area contributed by atoms with Crippen LogP contribution >= 0.6 is 0 Å². The maximum absolute atomic E-state index is 6.05. The summed E-state index contributed by atoms with van der Waals surface area (Å²) in [5.41, 5.74) is 6.18. The van der Waals surface area contributed by atoms with Gasteiger partial charge >= 0.3 is 0 Å². The molecule has 0 amide bonds. The largest absolute Gasteiger partial charge is 0.377 e. The summed E-state index contributed by atoms with van der Waals surface area (Å²) in [5.74, 6) is 0. The van der Waals surface area contributed by atoms with Crippen molar-refractivity contribution in [3.63, 3.8) is 0 Å². The van der Waals surface area contributed by atoms with E-state index in [2.05, 4.69) is 25.8 Å². The first kappa shape index (κ1) is 16.9. The van der Waals surface area contributed by atoms with Crippen molar-refractivity contribution in [3.8, 4) is 0 Å². The summed E-state index contributed by atoms with van der Waals surface area (Å²) >= 11 is 0. The molecule has 0 aromatic rings. The Labute approximate surface area is 119 Å². The minimum atomic E-state index is 0.133. The van der Waals surface area contributed by atoms with Crippen molar-refractivity contribution in [2.75, 3.05) is 26.7 Å². The average Bonchev–Trinajstić information content (AvgIpc) is 2.44. The van der Waals surface area contributed by atoms with E-state index >= 15 is 0 Å². The van der Waals surface area contributed by atoms with Crippen LogP contribution in [0.15, 0.2) is 0 Å². The maximum atomic E-state index is 6.05. The van der Waals surface area contributed by atoms with Gasteiger partial charge < -0.3 is 10.5 Å². The van der Waals surface area contributed by atoms with Gasteiger partial charge in [-0.15, -0.1) is 0 Å². The Hall–Kier alpha value is -0.120. The summed E-state index contributed by atoms with van der Waals surface area (Å²) in [6, 6.07) is 0. The van der Waals surface area contributed by atoms with Gasteiger partial charge in [0.2, 0.25) is 0 Å². The number of unbranched alkanes of at least 4 members (excludes halogenated alkanes) is 3. The highest BCUT2D eigenvalue weighted by Gasteiger charge is 2.29. The van der Waals surface area contributed by atoms with Gasteiger partial charge in [0.15, 0.2) is 0 Å². The highest BCUT2D eigenvalue weighted by atomic mass is 16.5. The zero-order valence-electron chi connectivity index (χ0n) is 13.3. The summed E-state index contributed by atoms with van der Waals surface area (Å²) in [6.45, 7) is 7.27. The molecule has 2 N–H and O–H groups in total. The Morgan fingerprint density at radius 3 is 2.63 bits per heavy atom. The molecule has 1 aliphatic rings. The predicted molar refractivity (Wildman–Crippen MR) is 82.4 cm³/mol. The van der Waals surface area contributed by atoms with Crippen LogP contribution in [0.4, 0.5) is 0 Å². The molecular weight excluding hydrogens is 236 g/mol. The van der Waals surface area contributed by atoms with Gasteiger partial charge in [0.25, 0.3) is 0 Å². The fourth-order valence-corrected chi connectivity index (χ4v) is 2.86. The molecule has 0 aliphatic carbocycles. The third-order valence-corrected chi connectivity index (χ3v) is 4.68. The van der Waals surface area contributed by atoms with Gasteiger partial charge in [-0.2, -0.15) is 0 Å². The molecule has 0 aromatic carbocycles. The molecule has 3 heteroatoms. The summed E-state index contributed by atoms with van der Waals surface area (Å²) in [4.78, 5) is 2.44. The third-order valence-electron chi connectivity index (χ3n) is 4.68. The second kappa shape index (κ2) is 8.93. The quantitative estimate of drug-likeness (QED) is 0.654. The van der Waals surface area contributed by atoms with Crippen molar-refractivity contribution in [1.29, 1.82) is 0 Å². The van der Waals surface area contributed by atoms with E-state index in [0.717, 1.165) is 19.7 Å². The molecule has 0 bridgehead atoms. The van der Waals surface area contributed by atoms with Gasteiger partial charge in [0.1, 0.15) is 0 Å². The number of ether oxygens (including phenoxy) is 1.